The molecule has 0 aliphatic carbocycles. The summed E-state index contributed by atoms with van der Waals surface area (Å²) in [6.45, 7) is 1.53. The molecule has 6 nitrogen and oxygen atoms in total. The second-order valence-corrected chi connectivity index (χ2v) is 8.35. The number of nitrogens with zero attached hydrogens (tertiary/aromatic N) is 2. The molecule has 1 atom stereocenters. The van der Waals surface area contributed by atoms with Gasteiger partial charge in [0.2, 0.25) is 5.91 Å². The predicted molar refractivity (Wildman–Crippen MR) is 121 cm³/mol. The van der Waals surface area contributed by atoms with Gasteiger partial charge in [0.1, 0.15) is 10.8 Å². The Labute approximate surface area is 186 Å². The van der Waals surface area contributed by atoms with Crippen LogP contribution in [0.2, 0.25) is 0 Å². The summed E-state index contributed by atoms with van der Waals surface area (Å²) >= 11 is 1.53. The average Bonchev–Trinajstić information content (AvgIpc) is 3.49. The largest absolute Gasteiger partial charge is 0.497 e. The number of carbonyl (C=O) groups is 1. The van der Waals surface area contributed by atoms with Crippen LogP contribution in [0.15, 0.2) is 47.8 Å². The van der Waals surface area contributed by atoms with Crippen molar-refractivity contribution in [3.63, 3.8) is 0 Å². The van der Waals surface area contributed by atoms with Crippen molar-refractivity contribution in [2.24, 2.45) is 0 Å². The van der Waals surface area contributed by atoms with E-state index >= 15 is 0 Å². The van der Waals surface area contributed by atoms with Crippen LogP contribution in [0.5, 0.6) is 17.2 Å². The van der Waals surface area contributed by atoms with Crippen molar-refractivity contribution in [1.82, 2.24) is 9.88 Å². The summed E-state index contributed by atoms with van der Waals surface area (Å²) in [7, 11) is 4.89. The Morgan fingerprint density at radius 2 is 1.84 bits per heavy atom. The highest BCUT2D eigenvalue weighted by atomic mass is 32.1. The number of likely N-dealkylation sites (tertiary alicyclic amines) is 1. The molecule has 162 valence electrons. The van der Waals surface area contributed by atoms with Crippen LogP contribution in [-0.2, 0) is 11.2 Å². The molecule has 1 fully saturated rings. The Morgan fingerprint density at radius 3 is 2.55 bits per heavy atom. The van der Waals surface area contributed by atoms with Crippen molar-refractivity contribution in [3.8, 4) is 27.8 Å². The molecular formula is C24H26N2O4S. The molecule has 0 radical (unpaired) electrons. The highest BCUT2D eigenvalue weighted by Gasteiger charge is 2.27. The number of amides is 1. The molecule has 0 saturated carbocycles. The molecule has 0 N–H and O–H groups in total. The molecule has 1 unspecified atom stereocenters. The molecule has 4 rings (SSSR count). The molecule has 3 aromatic rings. The molecule has 1 saturated heterocycles. The number of hydrogen-bond acceptors (Lipinski definition) is 6. The van der Waals surface area contributed by atoms with Gasteiger partial charge in [-0.15, -0.1) is 11.3 Å². The quantitative estimate of drug-likeness (QED) is 0.547. The van der Waals surface area contributed by atoms with Crippen molar-refractivity contribution in [3.05, 3.63) is 59.1 Å². The molecule has 0 bridgehead atoms. The van der Waals surface area contributed by atoms with Gasteiger partial charge in [0.25, 0.3) is 0 Å². The van der Waals surface area contributed by atoms with Crippen molar-refractivity contribution >= 4 is 17.2 Å². The number of hydrogen-bond donors (Lipinski definition) is 0. The fraction of sp³-hybridized carbons (Fsp3) is 0.333. The van der Waals surface area contributed by atoms with Gasteiger partial charge >= 0.3 is 0 Å². The Morgan fingerprint density at radius 1 is 1.06 bits per heavy atom. The Bertz CT molecular complexity index is 1050. The van der Waals surface area contributed by atoms with Crippen molar-refractivity contribution in [1.29, 1.82) is 0 Å². The van der Waals surface area contributed by atoms with Gasteiger partial charge in [0, 0.05) is 30.0 Å². The first-order valence-corrected chi connectivity index (χ1v) is 11.1. The van der Waals surface area contributed by atoms with Crippen LogP contribution in [0.1, 0.15) is 23.6 Å². The molecule has 2 heterocycles. The molecule has 7 heteroatoms. The van der Waals surface area contributed by atoms with Crippen LogP contribution in [0.4, 0.5) is 0 Å². The molecule has 31 heavy (non-hydrogen) atoms. The third-order valence-electron chi connectivity index (χ3n) is 5.64. The third-order valence-corrected chi connectivity index (χ3v) is 6.58. The van der Waals surface area contributed by atoms with Crippen molar-refractivity contribution in [2.45, 2.75) is 18.8 Å². The summed E-state index contributed by atoms with van der Waals surface area (Å²) < 4.78 is 15.9. The Kier molecular flexibility index (Phi) is 6.42. The summed E-state index contributed by atoms with van der Waals surface area (Å²) in [5.74, 6) is 2.68. The number of thiazole rings is 1. The van der Waals surface area contributed by atoms with Gasteiger partial charge in [-0.2, -0.15) is 0 Å². The predicted octanol–water partition coefficient (Wildman–Crippen LogP) is 4.39. The highest BCUT2D eigenvalue weighted by molar-refractivity contribution is 7.13. The van der Waals surface area contributed by atoms with Crippen LogP contribution in [-0.4, -0.2) is 50.2 Å². The fourth-order valence-electron chi connectivity index (χ4n) is 3.89. The standard InChI is InChI=1S/C24H26N2O4S/c1-28-20-7-4-16(5-8-20)18-10-11-26(14-18)23(27)13-19-15-31-24(25-19)17-6-9-21(29-2)22(12-17)30-3/h4-9,12,15,18H,10-11,13-14H2,1-3H3. The number of ether oxygens (including phenoxy) is 3. The fourth-order valence-corrected chi connectivity index (χ4v) is 4.71. The second kappa shape index (κ2) is 9.39. The van der Waals surface area contributed by atoms with Gasteiger partial charge in [-0.05, 0) is 42.3 Å². The summed E-state index contributed by atoms with van der Waals surface area (Å²) in [4.78, 5) is 19.5. The summed E-state index contributed by atoms with van der Waals surface area (Å²) in [6.07, 6.45) is 1.30. The molecule has 1 aromatic heterocycles. The number of aromatic nitrogens is 1. The SMILES string of the molecule is COc1ccc(C2CCN(C(=O)Cc3csc(-c4ccc(OC)c(OC)c4)n3)C2)cc1. The summed E-state index contributed by atoms with van der Waals surface area (Å²) in [6, 6.07) is 13.9. The van der Waals surface area contributed by atoms with Crippen molar-refractivity contribution < 1.29 is 19.0 Å². The van der Waals surface area contributed by atoms with E-state index in [1.54, 1.807) is 21.3 Å². The first kappa shape index (κ1) is 21.2. The zero-order valence-corrected chi connectivity index (χ0v) is 18.8. The number of benzene rings is 2. The van der Waals surface area contributed by atoms with Crippen LogP contribution in [0.25, 0.3) is 10.6 Å². The van der Waals surface area contributed by atoms with Crippen LogP contribution < -0.4 is 14.2 Å². The average molecular weight is 439 g/mol. The van der Waals surface area contributed by atoms with Gasteiger partial charge in [0.15, 0.2) is 11.5 Å². The maximum absolute atomic E-state index is 12.9. The van der Waals surface area contributed by atoms with Crippen molar-refractivity contribution in [2.75, 3.05) is 34.4 Å². The van der Waals surface area contributed by atoms with Crippen LogP contribution in [0.3, 0.4) is 0 Å². The third kappa shape index (κ3) is 4.66. The molecule has 1 amide bonds. The maximum Gasteiger partial charge on any atom is 0.228 e. The van der Waals surface area contributed by atoms with E-state index in [-0.39, 0.29) is 5.91 Å². The minimum absolute atomic E-state index is 0.125. The van der Waals surface area contributed by atoms with E-state index in [0.717, 1.165) is 41.5 Å². The van der Waals surface area contributed by atoms with E-state index in [0.29, 0.717) is 23.8 Å². The Hall–Kier alpha value is -3.06. The lowest BCUT2D eigenvalue weighted by Gasteiger charge is -2.16. The van der Waals surface area contributed by atoms with Gasteiger partial charge in [0.05, 0.1) is 33.4 Å². The zero-order valence-electron chi connectivity index (χ0n) is 18.0. The normalized spacial score (nSPS) is 15.7. The molecule has 2 aromatic carbocycles. The van der Waals surface area contributed by atoms with Crippen LogP contribution >= 0.6 is 11.3 Å². The van der Waals surface area contributed by atoms with E-state index in [1.807, 2.05) is 40.6 Å². The lowest BCUT2D eigenvalue weighted by molar-refractivity contribution is -0.129. The van der Waals surface area contributed by atoms with E-state index < -0.39 is 0 Å². The minimum atomic E-state index is 0.125. The topological polar surface area (TPSA) is 60.9 Å². The smallest absolute Gasteiger partial charge is 0.228 e. The molecule has 1 aliphatic heterocycles. The summed E-state index contributed by atoms with van der Waals surface area (Å²) in [5, 5.41) is 2.82. The monoisotopic (exact) mass is 438 g/mol. The van der Waals surface area contributed by atoms with E-state index in [2.05, 4.69) is 17.1 Å². The van der Waals surface area contributed by atoms with E-state index in [9.17, 15) is 4.79 Å². The molecule has 1 aliphatic rings. The van der Waals surface area contributed by atoms with E-state index in [4.69, 9.17) is 14.2 Å². The second-order valence-electron chi connectivity index (χ2n) is 7.49. The zero-order chi connectivity index (χ0) is 21.8. The first-order chi connectivity index (χ1) is 15.1. The highest BCUT2D eigenvalue weighted by Crippen LogP contribution is 2.34. The number of carbonyl (C=O) groups excluding carboxylic acids is 1. The minimum Gasteiger partial charge on any atom is -0.497 e. The first-order valence-electron chi connectivity index (χ1n) is 10.2. The van der Waals surface area contributed by atoms with Gasteiger partial charge in [-0.25, -0.2) is 4.98 Å². The Balaban J connectivity index is 1.39. The molecule has 0 spiro atoms. The molecular weight excluding hydrogens is 412 g/mol. The van der Waals surface area contributed by atoms with Gasteiger partial charge in [-0.1, -0.05) is 12.1 Å². The lowest BCUT2D eigenvalue weighted by Crippen LogP contribution is -2.30. The number of methoxy groups -OCH3 is 3. The van der Waals surface area contributed by atoms with Gasteiger partial charge in [-0.3, -0.25) is 4.79 Å². The van der Waals surface area contributed by atoms with Gasteiger partial charge < -0.3 is 19.1 Å². The lowest BCUT2D eigenvalue weighted by atomic mass is 9.98. The maximum atomic E-state index is 12.9. The van der Waals surface area contributed by atoms with Crippen LogP contribution in [0, 0.1) is 0 Å². The summed E-state index contributed by atoms with van der Waals surface area (Å²) in [5.41, 5.74) is 3.00. The van der Waals surface area contributed by atoms with E-state index in [1.165, 1.54) is 16.9 Å². The number of rotatable bonds is 7.